The summed E-state index contributed by atoms with van der Waals surface area (Å²) >= 11 is 0. The Balaban J connectivity index is 1.44. The fourth-order valence-corrected chi connectivity index (χ4v) is 3.62. The summed E-state index contributed by atoms with van der Waals surface area (Å²) in [6, 6.07) is 15.8. The highest BCUT2D eigenvalue weighted by Gasteiger charge is 2.25. The highest BCUT2D eigenvalue weighted by Crippen LogP contribution is 2.19. The topological polar surface area (TPSA) is 72.9 Å². The standard InChI is InChI=1S/C24H27NO5/c1-2-20-10-6-7-15-25(20)22(26)16-30-23(27)17-29-21-13-11-19(12-14-21)24(28)18-8-4-3-5-9-18/h3-5,8-9,11-14,20H,2,6-7,10,15-17H2,1H3. The fraction of sp³-hybridized carbons (Fsp3) is 0.375. The Hall–Kier alpha value is -3.15. The lowest BCUT2D eigenvalue weighted by atomic mass is 10.00. The smallest absolute Gasteiger partial charge is 0.344 e. The number of esters is 1. The van der Waals surface area contributed by atoms with Crippen LogP contribution in [0.4, 0.5) is 0 Å². The average Bonchev–Trinajstić information content (AvgIpc) is 2.81. The van der Waals surface area contributed by atoms with Gasteiger partial charge in [0.1, 0.15) is 5.75 Å². The van der Waals surface area contributed by atoms with Crippen molar-refractivity contribution in [1.82, 2.24) is 4.90 Å². The summed E-state index contributed by atoms with van der Waals surface area (Å²) in [6.45, 7) is 2.23. The second-order valence-corrected chi connectivity index (χ2v) is 7.31. The first-order valence-electron chi connectivity index (χ1n) is 10.4. The Bertz CT molecular complexity index is 863. The van der Waals surface area contributed by atoms with E-state index in [4.69, 9.17) is 9.47 Å². The monoisotopic (exact) mass is 409 g/mol. The number of piperidine rings is 1. The third-order valence-corrected chi connectivity index (χ3v) is 5.28. The van der Waals surface area contributed by atoms with Gasteiger partial charge in [0.15, 0.2) is 19.0 Å². The third kappa shape index (κ3) is 5.69. The number of hydrogen-bond donors (Lipinski definition) is 0. The van der Waals surface area contributed by atoms with Crippen molar-refractivity contribution in [2.75, 3.05) is 19.8 Å². The van der Waals surface area contributed by atoms with Gasteiger partial charge in [-0.15, -0.1) is 0 Å². The van der Waals surface area contributed by atoms with Crippen molar-refractivity contribution in [2.24, 2.45) is 0 Å². The Morgan fingerprint density at radius 3 is 2.33 bits per heavy atom. The van der Waals surface area contributed by atoms with Crippen molar-refractivity contribution < 1.29 is 23.9 Å². The lowest BCUT2D eigenvalue weighted by Crippen LogP contribution is -2.45. The quantitative estimate of drug-likeness (QED) is 0.492. The molecule has 1 unspecified atom stereocenters. The molecule has 0 aliphatic carbocycles. The van der Waals surface area contributed by atoms with Gasteiger partial charge in [0, 0.05) is 23.7 Å². The lowest BCUT2D eigenvalue weighted by Gasteiger charge is -2.35. The first-order valence-corrected chi connectivity index (χ1v) is 10.4. The Morgan fingerprint density at radius 1 is 0.933 bits per heavy atom. The van der Waals surface area contributed by atoms with Gasteiger partial charge in [0.2, 0.25) is 0 Å². The molecule has 6 nitrogen and oxygen atoms in total. The Labute approximate surface area is 176 Å². The van der Waals surface area contributed by atoms with E-state index in [0.717, 1.165) is 32.2 Å². The number of likely N-dealkylation sites (tertiary alicyclic amines) is 1. The number of nitrogens with zero attached hydrogens (tertiary/aromatic N) is 1. The molecule has 0 radical (unpaired) electrons. The number of hydrogen-bond acceptors (Lipinski definition) is 5. The molecule has 1 fully saturated rings. The van der Waals surface area contributed by atoms with E-state index >= 15 is 0 Å². The predicted molar refractivity (Wildman–Crippen MR) is 112 cm³/mol. The van der Waals surface area contributed by atoms with E-state index in [2.05, 4.69) is 6.92 Å². The highest BCUT2D eigenvalue weighted by molar-refractivity contribution is 6.08. The SMILES string of the molecule is CCC1CCCCN1C(=O)COC(=O)COc1ccc(C(=O)c2ccccc2)cc1. The van der Waals surface area contributed by atoms with E-state index in [-0.39, 0.29) is 30.9 Å². The summed E-state index contributed by atoms with van der Waals surface area (Å²) in [4.78, 5) is 38.5. The molecule has 30 heavy (non-hydrogen) atoms. The molecular weight excluding hydrogens is 382 g/mol. The maximum atomic E-state index is 12.4. The number of carbonyl (C=O) groups is 3. The van der Waals surface area contributed by atoms with Crippen molar-refractivity contribution in [1.29, 1.82) is 0 Å². The first-order chi connectivity index (χ1) is 14.6. The van der Waals surface area contributed by atoms with Crippen LogP contribution < -0.4 is 4.74 Å². The van der Waals surface area contributed by atoms with Gasteiger partial charge < -0.3 is 14.4 Å². The van der Waals surface area contributed by atoms with Gasteiger partial charge in [0.25, 0.3) is 5.91 Å². The van der Waals surface area contributed by atoms with Crippen LogP contribution in [0.5, 0.6) is 5.75 Å². The van der Waals surface area contributed by atoms with Gasteiger partial charge in [0.05, 0.1) is 0 Å². The molecule has 0 spiro atoms. The molecule has 0 saturated carbocycles. The minimum atomic E-state index is -0.599. The highest BCUT2D eigenvalue weighted by atomic mass is 16.6. The zero-order valence-corrected chi connectivity index (χ0v) is 17.2. The number of rotatable bonds is 8. The van der Waals surface area contributed by atoms with E-state index in [1.165, 1.54) is 0 Å². The molecule has 2 aromatic carbocycles. The van der Waals surface area contributed by atoms with Crippen molar-refractivity contribution in [2.45, 2.75) is 38.6 Å². The summed E-state index contributed by atoms with van der Waals surface area (Å²) in [5.74, 6) is -0.385. The van der Waals surface area contributed by atoms with Crippen LogP contribution in [-0.4, -0.2) is 48.4 Å². The second-order valence-electron chi connectivity index (χ2n) is 7.31. The van der Waals surface area contributed by atoms with E-state index < -0.39 is 5.97 Å². The molecular formula is C24H27NO5. The van der Waals surface area contributed by atoms with Crippen LogP contribution in [-0.2, 0) is 14.3 Å². The molecule has 1 aliphatic rings. The van der Waals surface area contributed by atoms with Crippen LogP contribution in [0.25, 0.3) is 0 Å². The molecule has 6 heteroatoms. The Kier molecular flexibility index (Phi) is 7.60. The number of benzene rings is 2. The maximum Gasteiger partial charge on any atom is 0.344 e. The summed E-state index contributed by atoms with van der Waals surface area (Å²) in [6.07, 6.45) is 4.03. The zero-order chi connectivity index (χ0) is 21.3. The number of ketones is 1. The predicted octanol–water partition coefficient (Wildman–Crippen LogP) is 3.63. The summed E-state index contributed by atoms with van der Waals surface area (Å²) < 4.78 is 10.5. The molecule has 0 N–H and O–H groups in total. The molecule has 1 amide bonds. The summed E-state index contributed by atoms with van der Waals surface area (Å²) in [5, 5.41) is 0. The lowest BCUT2D eigenvalue weighted by molar-refractivity contribution is -0.155. The van der Waals surface area contributed by atoms with Gasteiger partial charge in [-0.3, -0.25) is 9.59 Å². The third-order valence-electron chi connectivity index (χ3n) is 5.28. The van der Waals surface area contributed by atoms with Crippen LogP contribution in [0.15, 0.2) is 54.6 Å². The van der Waals surface area contributed by atoms with Crippen LogP contribution in [0, 0.1) is 0 Å². The van der Waals surface area contributed by atoms with Gasteiger partial charge in [-0.25, -0.2) is 4.79 Å². The van der Waals surface area contributed by atoms with Crippen molar-refractivity contribution in [3.8, 4) is 5.75 Å². The largest absolute Gasteiger partial charge is 0.482 e. The summed E-state index contributed by atoms with van der Waals surface area (Å²) in [7, 11) is 0. The minimum absolute atomic E-state index is 0.0804. The van der Waals surface area contributed by atoms with E-state index in [1.807, 2.05) is 23.1 Å². The van der Waals surface area contributed by atoms with Crippen LogP contribution >= 0.6 is 0 Å². The van der Waals surface area contributed by atoms with Gasteiger partial charge >= 0.3 is 5.97 Å². The van der Waals surface area contributed by atoms with E-state index in [1.54, 1.807) is 36.4 Å². The molecule has 3 rings (SSSR count). The molecule has 1 atom stereocenters. The number of ether oxygens (including phenoxy) is 2. The van der Waals surface area contributed by atoms with Crippen molar-refractivity contribution >= 4 is 17.7 Å². The molecule has 158 valence electrons. The van der Waals surface area contributed by atoms with Crippen molar-refractivity contribution in [3.63, 3.8) is 0 Å². The molecule has 1 aliphatic heterocycles. The zero-order valence-electron chi connectivity index (χ0n) is 17.2. The van der Waals surface area contributed by atoms with Crippen LogP contribution in [0.3, 0.4) is 0 Å². The maximum absolute atomic E-state index is 12.4. The van der Waals surface area contributed by atoms with Gasteiger partial charge in [-0.1, -0.05) is 37.3 Å². The second kappa shape index (κ2) is 10.6. The van der Waals surface area contributed by atoms with Crippen LogP contribution in [0.2, 0.25) is 0 Å². The normalized spacial score (nSPS) is 16.0. The van der Waals surface area contributed by atoms with E-state index in [0.29, 0.717) is 16.9 Å². The van der Waals surface area contributed by atoms with Gasteiger partial charge in [-0.2, -0.15) is 0 Å². The fourth-order valence-electron chi connectivity index (χ4n) is 3.62. The van der Waals surface area contributed by atoms with Gasteiger partial charge in [-0.05, 0) is 49.9 Å². The molecule has 2 aromatic rings. The molecule has 1 heterocycles. The van der Waals surface area contributed by atoms with E-state index in [9.17, 15) is 14.4 Å². The minimum Gasteiger partial charge on any atom is -0.482 e. The Morgan fingerprint density at radius 2 is 1.63 bits per heavy atom. The number of amides is 1. The van der Waals surface area contributed by atoms with Crippen molar-refractivity contribution in [3.05, 3.63) is 65.7 Å². The average molecular weight is 409 g/mol. The molecule has 1 saturated heterocycles. The first kappa shape index (κ1) is 21.6. The number of carbonyl (C=O) groups excluding carboxylic acids is 3. The molecule has 0 bridgehead atoms. The summed E-state index contributed by atoms with van der Waals surface area (Å²) in [5.41, 5.74) is 1.15. The van der Waals surface area contributed by atoms with Crippen LogP contribution in [0.1, 0.15) is 48.5 Å². The molecule has 0 aromatic heterocycles.